The van der Waals surface area contributed by atoms with E-state index >= 15 is 0 Å². The van der Waals surface area contributed by atoms with Crippen molar-refractivity contribution in [2.75, 3.05) is 28.4 Å². The van der Waals surface area contributed by atoms with Crippen molar-refractivity contribution in [3.05, 3.63) is 90.0 Å². The summed E-state index contributed by atoms with van der Waals surface area (Å²) in [5.41, 5.74) is 4.02. The first-order valence-corrected chi connectivity index (χ1v) is 14.5. The van der Waals surface area contributed by atoms with Gasteiger partial charge in [0.2, 0.25) is 6.41 Å². The van der Waals surface area contributed by atoms with E-state index in [9.17, 15) is 22.8 Å². The maximum atomic E-state index is 12.9. The maximum Gasteiger partial charge on any atom is 0.573 e. The second-order valence-electron chi connectivity index (χ2n) is 9.38. The Morgan fingerprint density at radius 3 is 2.44 bits per heavy atom. The molecule has 0 aliphatic rings. The van der Waals surface area contributed by atoms with Gasteiger partial charge in [0.15, 0.2) is 11.0 Å². The summed E-state index contributed by atoms with van der Waals surface area (Å²) < 4.78 is 47.7. The van der Waals surface area contributed by atoms with Crippen molar-refractivity contribution in [2.45, 2.75) is 33.4 Å². The lowest BCUT2D eigenvalue weighted by atomic mass is 10.1. The fourth-order valence-electron chi connectivity index (χ4n) is 4.06. The molecule has 4 rings (SSSR count). The second kappa shape index (κ2) is 15.2. The third-order valence-electron chi connectivity index (χ3n) is 6.04. The Labute approximate surface area is 261 Å². The van der Waals surface area contributed by atoms with E-state index in [0.717, 1.165) is 16.8 Å². The molecule has 0 aliphatic heterocycles. The molecule has 0 spiro atoms. The van der Waals surface area contributed by atoms with Gasteiger partial charge in [0.25, 0.3) is 0 Å². The number of aryl methyl sites for hydroxylation is 1. The number of aromatic nitrogens is 3. The van der Waals surface area contributed by atoms with Gasteiger partial charge in [0.05, 0.1) is 24.5 Å². The van der Waals surface area contributed by atoms with Crippen LogP contribution in [0, 0.1) is 6.92 Å². The Bertz CT molecular complexity index is 1630. The molecule has 2 N–H and O–H groups in total. The molecule has 236 valence electrons. The van der Waals surface area contributed by atoms with Gasteiger partial charge in [-0.25, -0.2) is 14.5 Å². The number of hydrogen-bond donors (Lipinski definition) is 2. The minimum absolute atomic E-state index is 0.226. The number of benzene rings is 3. The largest absolute Gasteiger partial charge is 0.573 e. The van der Waals surface area contributed by atoms with E-state index in [1.54, 1.807) is 31.4 Å². The van der Waals surface area contributed by atoms with E-state index in [1.807, 2.05) is 32.0 Å². The fraction of sp³-hybridized carbons (Fsp3) is 0.233. The van der Waals surface area contributed by atoms with Crippen LogP contribution in [-0.2, 0) is 22.7 Å². The van der Waals surface area contributed by atoms with Crippen LogP contribution in [0.25, 0.3) is 5.69 Å². The number of amides is 3. The van der Waals surface area contributed by atoms with Crippen molar-refractivity contribution in [1.29, 1.82) is 0 Å². The molecule has 0 saturated heterocycles. The van der Waals surface area contributed by atoms with Crippen molar-refractivity contribution < 1.29 is 32.2 Å². The van der Waals surface area contributed by atoms with Crippen LogP contribution in [0.5, 0.6) is 5.75 Å². The number of alkyl halides is 3. The topological polar surface area (TPSA) is 123 Å². The van der Waals surface area contributed by atoms with E-state index in [0.29, 0.717) is 35.0 Å². The Morgan fingerprint density at radius 1 is 1.09 bits per heavy atom. The van der Waals surface area contributed by atoms with Gasteiger partial charge in [-0.1, -0.05) is 30.8 Å². The molecule has 15 heteroatoms. The van der Waals surface area contributed by atoms with Gasteiger partial charge in [0.1, 0.15) is 12.1 Å². The molecule has 0 fully saturated rings. The van der Waals surface area contributed by atoms with Crippen LogP contribution >= 0.6 is 11.8 Å². The standard InChI is InChI=1S/C30H30F3N7O4S/c1-4-45-29(39(19-41)26-15-20(2)5-6-21(26)17-43-3)37-28(42)36-23-9-7-22(8-10-23)34-16-27-35-18-40(38-27)24-11-13-25(14-12-24)44-30(31,32)33/h5-15,18-19,34H,4,16-17H2,1-3H3,(H,36,42). The van der Waals surface area contributed by atoms with E-state index < -0.39 is 12.4 Å². The van der Waals surface area contributed by atoms with Gasteiger partial charge < -0.3 is 20.1 Å². The predicted molar refractivity (Wildman–Crippen MR) is 167 cm³/mol. The molecule has 0 aliphatic carbocycles. The Balaban J connectivity index is 1.37. The zero-order valence-electron chi connectivity index (χ0n) is 24.5. The molecule has 45 heavy (non-hydrogen) atoms. The highest BCUT2D eigenvalue weighted by atomic mass is 32.2. The number of carbonyl (C=O) groups excluding carboxylic acids is 2. The normalized spacial score (nSPS) is 11.6. The summed E-state index contributed by atoms with van der Waals surface area (Å²) in [6, 6.07) is 17.1. The number of hydrogen-bond acceptors (Lipinski definition) is 8. The predicted octanol–water partition coefficient (Wildman–Crippen LogP) is 6.54. The number of halogens is 3. The molecule has 0 saturated carbocycles. The van der Waals surface area contributed by atoms with Crippen LogP contribution in [0.3, 0.4) is 0 Å². The number of nitrogens with one attached hydrogen (secondary N) is 2. The summed E-state index contributed by atoms with van der Waals surface area (Å²) in [5.74, 6) is 0.695. The van der Waals surface area contributed by atoms with E-state index in [4.69, 9.17) is 4.74 Å². The molecule has 0 atom stereocenters. The minimum atomic E-state index is -4.77. The first-order chi connectivity index (χ1) is 21.6. The lowest BCUT2D eigenvalue weighted by molar-refractivity contribution is -0.274. The summed E-state index contributed by atoms with van der Waals surface area (Å²) in [6.45, 7) is 4.35. The van der Waals surface area contributed by atoms with Crippen LogP contribution in [-0.4, -0.2) is 51.6 Å². The zero-order valence-corrected chi connectivity index (χ0v) is 25.4. The monoisotopic (exact) mass is 641 g/mol. The van der Waals surface area contributed by atoms with Crippen LogP contribution in [0.2, 0.25) is 0 Å². The Kier molecular flexibility index (Phi) is 11.2. The Hall–Kier alpha value is -4.89. The highest BCUT2D eigenvalue weighted by Crippen LogP contribution is 2.26. The number of thioether (sulfide) groups is 1. The number of amidine groups is 1. The number of ether oxygens (including phenoxy) is 2. The lowest BCUT2D eigenvalue weighted by Crippen LogP contribution is -2.30. The van der Waals surface area contributed by atoms with Crippen LogP contribution in [0.1, 0.15) is 23.9 Å². The molecule has 0 bridgehead atoms. The van der Waals surface area contributed by atoms with Gasteiger partial charge in [-0.05, 0) is 72.8 Å². The van der Waals surface area contributed by atoms with Crippen molar-refractivity contribution in [3.63, 3.8) is 0 Å². The van der Waals surface area contributed by atoms with Gasteiger partial charge in [-0.15, -0.1) is 18.3 Å². The molecule has 0 radical (unpaired) electrons. The number of aliphatic imine (C=N–C) groups is 1. The third-order valence-corrected chi connectivity index (χ3v) is 6.88. The summed E-state index contributed by atoms with van der Waals surface area (Å²) in [4.78, 5) is 34.8. The van der Waals surface area contributed by atoms with Crippen LogP contribution in [0.15, 0.2) is 78.0 Å². The third kappa shape index (κ3) is 9.55. The average molecular weight is 642 g/mol. The van der Waals surface area contributed by atoms with Gasteiger partial charge in [0, 0.05) is 24.0 Å². The molecule has 3 aromatic carbocycles. The fourth-order valence-corrected chi connectivity index (χ4v) is 4.75. The molecule has 11 nitrogen and oxygen atoms in total. The second-order valence-corrected chi connectivity index (χ2v) is 10.6. The van der Waals surface area contributed by atoms with Gasteiger partial charge in [-0.3, -0.25) is 9.69 Å². The number of methoxy groups -OCH3 is 1. The first kappa shape index (κ1) is 33.0. The Morgan fingerprint density at radius 2 is 1.80 bits per heavy atom. The molecule has 3 amide bonds. The van der Waals surface area contributed by atoms with E-state index in [-0.39, 0.29) is 24.1 Å². The van der Waals surface area contributed by atoms with Gasteiger partial charge >= 0.3 is 12.4 Å². The zero-order chi connectivity index (χ0) is 32.4. The van der Waals surface area contributed by atoms with Crippen LogP contribution < -0.4 is 20.3 Å². The smallest absolute Gasteiger partial charge is 0.406 e. The van der Waals surface area contributed by atoms with Crippen LogP contribution in [0.4, 0.5) is 35.0 Å². The first-order valence-electron chi connectivity index (χ1n) is 13.5. The number of rotatable bonds is 11. The number of carbonyl (C=O) groups is 2. The summed E-state index contributed by atoms with van der Waals surface area (Å²) in [5, 5.41) is 10.4. The van der Waals surface area contributed by atoms with E-state index in [1.165, 1.54) is 51.9 Å². The SMILES string of the molecule is CCSC(=NC(=O)Nc1ccc(NCc2ncn(-c3ccc(OC(F)(F)F)cc3)n2)cc1)N(C=O)c1cc(C)ccc1COC. The van der Waals surface area contributed by atoms with E-state index in [2.05, 4.69) is 30.4 Å². The quantitative estimate of drug-likeness (QED) is 0.108. The maximum absolute atomic E-state index is 12.9. The van der Waals surface area contributed by atoms with Gasteiger partial charge in [-0.2, -0.15) is 4.99 Å². The summed E-state index contributed by atoms with van der Waals surface area (Å²) in [6.07, 6.45) is -2.69. The molecule has 4 aromatic rings. The minimum Gasteiger partial charge on any atom is -0.406 e. The van der Waals surface area contributed by atoms with Crippen molar-refractivity contribution in [3.8, 4) is 11.4 Å². The number of anilines is 3. The molecule has 1 aromatic heterocycles. The molecular formula is C30H30F3N7O4S. The lowest BCUT2D eigenvalue weighted by Gasteiger charge is -2.22. The molecule has 0 unspecified atom stereocenters. The summed E-state index contributed by atoms with van der Waals surface area (Å²) in [7, 11) is 1.57. The molecular weight excluding hydrogens is 611 g/mol. The van der Waals surface area contributed by atoms with Crippen molar-refractivity contribution >= 4 is 46.4 Å². The number of nitrogens with zero attached hydrogens (tertiary/aromatic N) is 5. The highest BCUT2D eigenvalue weighted by Gasteiger charge is 2.31. The van der Waals surface area contributed by atoms with Crippen molar-refractivity contribution in [2.24, 2.45) is 4.99 Å². The highest BCUT2D eigenvalue weighted by molar-refractivity contribution is 8.14. The average Bonchev–Trinajstić information content (AvgIpc) is 3.47. The summed E-state index contributed by atoms with van der Waals surface area (Å²) >= 11 is 1.26. The molecule has 1 heterocycles. The number of urea groups is 1. The van der Waals surface area contributed by atoms with Crippen molar-refractivity contribution in [1.82, 2.24) is 14.8 Å².